The molecule has 1 saturated heterocycles. The molecular weight excluding hydrogens is 567 g/mol. The van der Waals surface area contributed by atoms with Gasteiger partial charge in [0.05, 0.1) is 18.1 Å². The Balaban J connectivity index is 1.12. The number of aliphatic hydroxyl groups excluding tert-OH is 3. The number of benzene rings is 2. The van der Waals surface area contributed by atoms with Crippen LogP contribution in [0.1, 0.15) is 85.2 Å². The fraction of sp³-hybridized carbons (Fsp3) is 0.531. The lowest BCUT2D eigenvalue weighted by Gasteiger charge is -2.38. The van der Waals surface area contributed by atoms with Gasteiger partial charge in [0.15, 0.2) is 0 Å². The van der Waals surface area contributed by atoms with Gasteiger partial charge in [0.2, 0.25) is 6.29 Å². The summed E-state index contributed by atoms with van der Waals surface area (Å²) >= 11 is 0. The van der Waals surface area contributed by atoms with Gasteiger partial charge in [-0.25, -0.2) is 0 Å². The Kier molecular flexibility index (Phi) is 8.18. The summed E-state index contributed by atoms with van der Waals surface area (Å²) < 4.78 is 58.3. The first-order chi connectivity index (χ1) is 20.5. The van der Waals surface area contributed by atoms with Gasteiger partial charge < -0.3 is 34.5 Å². The molecule has 8 nitrogen and oxygen atoms in total. The van der Waals surface area contributed by atoms with Crippen LogP contribution in [0.15, 0.2) is 36.4 Å². The van der Waals surface area contributed by atoms with Gasteiger partial charge in [-0.3, -0.25) is 4.79 Å². The van der Waals surface area contributed by atoms with Crippen molar-refractivity contribution in [3.63, 3.8) is 0 Å². The number of carbonyl (C=O) groups is 1. The maximum Gasteiger partial charge on any atom is 0.416 e. The summed E-state index contributed by atoms with van der Waals surface area (Å²) in [7, 11) is 0. The highest BCUT2D eigenvalue weighted by atomic mass is 19.4. The number of aromatic nitrogens is 1. The number of H-pyrrole nitrogens is 1. The molecule has 2 heterocycles. The fourth-order valence-electron chi connectivity index (χ4n) is 6.81. The first-order valence-electron chi connectivity index (χ1n) is 14.9. The summed E-state index contributed by atoms with van der Waals surface area (Å²) in [5.41, 5.74) is 3.06. The summed E-state index contributed by atoms with van der Waals surface area (Å²) in [5.74, 6) is -0.276. The predicted octanol–water partition coefficient (Wildman–Crippen LogP) is 5.21. The molecular formula is C32H36F3NO7. The SMILES string of the molecule is CC1OC(OC(=O)C[C@H]2CCc3c2[nH]c2ccc(OCc4ccc(C5CCCC5)c(C(F)(F)F)c4)cc32)C(O)C(O)C1O. The molecule has 6 atom stereocenters. The van der Waals surface area contributed by atoms with Gasteiger partial charge in [-0.15, -0.1) is 0 Å². The van der Waals surface area contributed by atoms with Crippen LogP contribution in [-0.2, 0) is 33.5 Å². The lowest BCUT2D eigenvalue weighted by Crippen LogP contribution is -2.57. The minimum Gasteiger partial charge on any atom is -0.489 e. The summed E-state index contributed by atoms with van der Waals surface area (Å²) in [6.07, 6.45) is -6.05. The summed E-state index contributed by atoms with van der Waals surface area (Å²) in [6, 6.07) is 10.0. The maximum absolute atomic E-state index is 13.9. The van der Waals surface area contributed by atoms with Crippen molar-refractivity contribution in [1.29, 1.82) is 0 Å². The van der Waals surface area contributed by atoms with Crippen LogP contribution in [0.25, 0.3) is 10.9 Å². The minimum absolute atomic E-state index is 0.0000431. The molecule has 5 unspecified atom stereocenters. The van der Waals surface area contributed by atoms with Crippen LogP contribution in [0.4, 0.5) is 13.2 Å². The Morgan fingerprint density at radius 3 is 2.53 bits per heavy atom. The number of rotatable bonds is 7. The highest BCUT2D eigenvalue weighted by Gasteiger charge is 2.44. The van der Waals surface area contributed by atoms with Gasteiger partial charge in [-0.2, -0.15) is 13.2 Å². The van der Waals surface area contributed by atoms with Crippen molar-refractivity contribution in [2.24, 2.45) is 0 Å². The maximum atomic E-state index is 13.9. The van der Waals surface area contributed by atoms with E-state index in [2.05, 4.69) is 4.98 Å². The van der Waals surface area contributed by atoms with Crippen LogP contribution in [0.2, 0.25) is 0 Å². The summed E-state index contributed by atoms with van der Waals surface area (Å²) in [6.45, 7) is 1.51. The van der Waals surface area contributed by atoms with E-state index < -0.39 is 48.4 Å². The standard InChI is InChI=1S/C32H36F3NO7/c1-16-28(38)29(39)30(40)31(42-16)43-26(37)13-19-7-10-22-23-14-20(8-11-25(23)36-27(19)22)41-15-17-6-9-21(18-4-2-3-5-18)24(12-17)32(33,34)35/h6,8-9,11-12,14,16,18-19,28-31,36,38-40H,2-5,7,10,13,15H2,1H3/t16?,19-,28?,29?,30?,31?/m1/s1. The van der Waals surface area contributed by atoms with Crippen molar-refractivity contribution in [2.45, 2.75) is 107 Å². The largest absolute Gasteiger partial charge is 0.489 e. The number of halogens is 3. The van der Waals surface area contributed by atoms with Gasteiger partial charge >= 0.3 is 12.1 Å². The molecule has 1 aliphatic heterocycles. The molecule has 4 N–H and O–H groups in total. The van der Waals surface area contributed by atoms with Gasteiger partial charge in [0, 0.05) is 22.5 Å². The highest BCUT2D eigenvalue weighted by Crippen LogP contribution is 2.43. The van der Waals surface area contributed by atoms with Gasteiger partial charge in [0.25, 0.3) is 0 Å². The molecule has 1 aromatic heterocycles. The number of aromatic amines is 1. The zero-order chi connectivity index (χ0) is 30.5. The Hall–Kier alpha value is -3.12. The van der Waals surface area contributed by atoms with Crippen LogP contribution in [0.5, 0.6) is 5.75 Å². The van der Waals surface area contributed by atoms with Crippen molar-refractivity contribution in [2.75, 3.05) is 0 Å². The van der Waals surface area contributed by atoms with E-state index >= 15 is 0 Å². The predicted molar refractivity (Wildman–Crippen MR) is 149 cm³/mol. The molecule has 0 amide bonds. The van der Waals surface area contributed by atoms with Crippen LogP contribution in [0, 0.1) is 0 Å². The average molecular weight is 604 g/mol. The van der Waals surface area contributed by atoms with Crippen molar-refractivity contribution >= 4 is 16.9 Å². The third kappa shape index (κ3) is 6.00. The quantitative estimate of drug-likeness (QED) is 0.274. The second-order valence-electron chi connectivity index (χ2n) is 12.0. The molecule has 11 heteroatoms. The number of fused-ring (bicyclic) bond motifs is 3. The van der Waals surface area contributed by atoms with E-state index in [4.69, 9.17) is 14.2 Å². The zero-order valence-electron chi connectivity index (χ0n) is 23.8. The van der Waals surface area contributed by atoms with Crippen LogP contribution in [-0.4, -0.2) is 57.0 Å². The molecule has 2 aliphatic carbocycles. The zero-order valence-corrected chi connectivity index (χ0v) is 23.8. The van der Waals surface area contributed by atoms with Gasteiger partial charge in [-0.05, 0) is 79.5 Å². The Morgan fingerprint density at radius 1 is 1.02 bits per heavy atom. The molecule has 6 rings (SSSR count). The van der Waals surface area contributed by atoms with E-state index in [0.29, 0.717) is 29.7 Å². The van der Waals surface area contributed by atoms with E-state index in [9.17, 15) is 33.3 Å². The van der Waals surface area contributed by atoms with E-state index in [1.165, 1.54) is 13.0 Å². The number of nitrogens with one attached hydrogen (secondary N) is 1. The molecule has 1 saturated carbocycles. The molecule has 3 aromatic rings. The van der Waals surface area contributed by atoms with Crippen LogP contribution >= 0.6 is 0 Å². The van der Waals surface area contributed by atoms with Crippen molar-refractivity contribution in [3.05, 3.63) is 64.3 Å². The number of hydrogen-bond acceptors (Lipinski definition) is 7. The highest BCUT2D eigenvalue weighted by molar-refractivity contribution is 5.87. The lowest BCUT2D eigenvalue weighted by molar-refractivity contribution is -0.284. The second-order valence-corrected chi connectivity index (χ2v) is 12.0. The Bertz CT molecular complexity index is 1480. The van der Waals surface area contributed by atoms with Crippen molar-refractivity contribution in [3.8, 4) is 5.75 Å². The van der Waals surface area contributed by atoms with E-state index in [1.54, 1.807) is 18.2 Å². The molecule has 232 valence electrons. The number of ether oxygens (including phenoxy) is 3. The smallest absolute Gasteiger partial charge is 0.416 e. The van der Waals surface area contributed by atoms with E-state index in [0.717, 1.165) is 47.8 Å². The topological polar surface area (TPSA) is 121 Å². The van der Waals surface area contributed by atoms with Crippen LogP contribution in [0.3, 0.4) is 0 Å². The lowest BCUT2D eigenvalue weighted by atomic mass is 9.91. The summed E-state index contributed by atoms with van der Waals surface area (Å²) in [4.78, 5) is 16.1. The Morgan fingerprint density at radius 2 is 1.79 bits per heavy atom. The van der Waals surface area contributed by atoms with E-state index in [1.807, 2.05) is 12.1 Å². The Labute approximate surface area is 246 Å². The number of esters is 1. The minimum atomic E-state index is -4.42. The number of hydrogen-bond donors (Lipinski definition) is 4. The average Bonchev–Trinajstić information content (AvgIpc) is 3.72. The fourth-order valence-corrected chi connectivity index (χ4v) is 6.81. The molecule has 0 radical (unpaired) electrons. The summed E-state index contributed by atoms with van der Waals surface area (Å²) in [5, 5.41) is 30.9. The third-order valence-electron chi connectivity index (χ3n) is 9.15. The number of aliphatic hydroxyl groups is 3. The molecule has 0 bridgehead atoms. The first-order valence-corrected chi connectivity index (χ1v) is 14.9. The molecule has 2 aromatic carbocycles. The normalized spacial score (nSPS) is 27.9. The first kappa shape index (κ1) is 29.9. The van der Waals surface area contributed by atoms with Crippen LogP contribution < -0.4 is 4.74 Å². The molecule has 3 aliphatic rings. The molecule has 2 fully saturated rings. The molecule has 43 heavy (non-hydrogen) atoms. The monoisotopic (exact) mass is 603 g/mol. The van der Waals surface area contributed by atoms with Crippen molar-refractivity contribution in [1.82, 2.24) is 4.98 Å². The van der Waals surface area contributed by atoms with E-state index in [-0.39, 0.29) is 24.9 Å². The van der Waals surface area contributed by atoms with Gasteiger partial charge in [0.1, 0.15) is 30.7 Å². The number of alkyl halides is 3. The third-order valence-corrected chi connectivity index (χ3v) is 9.15. The van der Waals surface area contributed by atoms with Gasteiger partial charge in [-0.1, -0.05) is 25.0 Å². The number of aryl methyl sites for hydroxylation is 1. The second kappa shape index (κ2) is 11.8. The number of carbonyl (C=O) groups excluding carboxylic acids is 1. The van der Waals surface area contributed by atoms with Crippen molar-refractivity contribution < 1.29 is 47.5 Å². The molecule has 0 spiro atoms.